The highest BCUT2D eigenvalue weighted by molar-refractivity contribution is 8.13. The normalized spacial score (nSPS) is 13.6. The summed E-state index contributed by atoms with van der Waals surface area (Å²) in [6.45, 7) is 2.45. The van der Waals surface area contributed by atoms with Crippen LogP contribution in [-0.2, 0) is 0 Å². The maximum absolute atomic E-state index is 9.05. The first kappa shape index (κ1) is 12.3. The lowest BCUT2D eigenvalue weighted by Crippen LogP contribution is -2.27. The van der Waals surface area contributed by atoms with Gasteiger partial charge in [-0.2, -0.15) is 5.26 Å². The minimum atomic E-state index is -0.312. The van der Waals surface area contributed by atoms with Crippen LogP contribution >= 0.6 is 11.8 Å². The third kappa shape index (κ3) is 5.50. The van der Waals surface area contributed by atoms with Gasteiger partial charge < -0.3 is 10.0 Å². The smallest absolute Gasteiger partial charge is 0.208 e. The highest BCUT2D eigenvalue weighted by Gasteiger charge is 2.05. The van der Waals surface area contributed by atoms with Crippen LogP contribution in [0.5, 0.6) is 0 Å². The van der Waals surface area contributed by atoms with E-state index in [9.17, 15) is 0 Å². The van der Waals surface area contributed by atoms with Crippen LogP contribution in [-0.4, -0.2) is 41.1 Å². The Balaban J connectivity index is 4.01. The fourth-order valence-corrected chi connectivity index (χ4v) is 1.34. The number of rotatable bonds is 3. The highest BCUT2D eigenvalue weighted by Crippen LogP contribution is 2.04. The van der Waals surface area contributed by atoms with E-state index in [1.807, 2.05) is 18.2 Å². The molecular weight excluding hydrogens is 186 g/mol. The number of aliphatic hydroxyl groups is 1. The van der Waals surface area contributed by atoms with Crippen LogP contribution in [0.1, 0.15) is 13.3 Å². The summed E-state index contributed by atoms with van der Waals surface area (Å²) in [5.41, 5.74) is 0. The number of aliphatic imine (C=N–C) groups is 1. The molecule has 0 aliphatic heterocycles. The van der Waals surface area contributed by atoms with Gasteiger partial charge in [0.1, 0.15) is 0 Å². The van der Waals surface area contributed by atoms with Crippen molar-refractivity contribution in [3.63, 3.8) is 0 Å². The Labute approximate surface area is 83.3 Å². The largest absolute Gasteiger partial charge is 0.393 e. The van der Waals surface area contributed by atoms with E-state index in [2.05, 4.69) is 4.99 Å². The fourth-order valence-electron chi connectivity index (χ4n) is 0.806. The van der Waals surface area contributed by atoms with E-state index in [0.29, 0.717) is 18.1 Å². The first-order valence-corrected chi connectivity index (χ1v) is 5.24. The van der Waals surface area contributed by atoms with Gasteiger partial charge in [-0.1, -0.05) is 11.8 Å². The Morgan fingerprint density at radius 1 is 1.77 bits per heavy atom. The topological polar surface area (TPSA) is 59.6 Å². The summed E-state index contributed by atoms with van der Waals surface area (Å²) in [5, 5.41) is 18.1. The molecule has 5 heteroatoms. The Morgan fingerprint density at radius 2 is 2.38 bits per heavy atom. The monoisotopic (exact) mass is 201 g/mol. The average molecular weight is 201 g/mol. The maximum Gasteiger partial charge on any atom is 0.208 e. The van der Waals surface area contributed by atoms with E-state index < -0.39 is 0 Å². The number of amidine groups is 1. The second kappa shape index (κ2) is 6.75. The van der Waals surface area contributed by atoms with Crippen molar-refractivity contribution in [3.8, 4) is 6.19 Å². The molecule has 1 unspecified atom stereocenters. The number of hydrogen-bond donors (Lipinski definition) is 1. The van der Waals surface area contributed by atoms with Gasteiger partial charge in [0.2, 0.25) is 6.19 Å². The van der Waals surface area contributed by atoms with Crippen LogP contribution in [0, 0.1) is 11.5 Å². The van der Waals surface area contributed by atoms with Gasteiger partial charge >= 0.3 is 0 Å². The van der Waals surface area contributed by atoms with Crippen LogP contribution < -0.4 is 0 Å². The molecule has 1 N–H and O–H groups in total. The molecule has 0 saturated heterocycles. The molecule has 0 fully saturated rings. The molecule has 0 radical (unpaired) electrons. The SMILES string of the molecule is CSC(=NC#N)N(C)CCC(C)O. The summed E-state index contributed by atoms with van der Waals surface area (Å²) in [6.07, 6.45) is 3.99. The van der Waals surface area contributed by atoms with Crippen molar-refractivity contribution in [2.45, 2.75) is 19.4 Å². The minimum absolute atomic E-state index is 0.312. The minimum Gasteiger partial charge on any atom is -0.393 e. The molecule has 74 valence electrons. The summed E-state index contributed by atoms with van der Waals surface area (Å²) < 4.78 is 0. The summed E-state index contributed by atoms with van der Waals surface area (Å²) >= 11 is 1.43. The third-order valence-corrected chi connectivity index (χ3v) is 2.31. The molecule has 0 spiro atoms. The fraction of sp³-hybridized carbons (Fsp3) is 0.750. The van der Waals surface area contributed by atoms with Gasteiger partial charge in [0, 0.05) is 13.6 Å². The van der Waals surface area contributed by atoms with Gasteiger partial charge in [0.25, 0.3) is 0 Å². The molecule has 0 aliphatic rings. The van der Waals surface area contributed by atoms with Gasteiger partial charge in [0.05, 0.1) is 6.10 Å². The van der Waals surface area contributed by atoms with Crippen molar-refractivity contribution >= 4 is 16.9 Å². The third-order valence-electron chi connectivity index (χ3n) is 1.54. The zero-order valence-corrected chi connectivity index (χ0v) is 9.01. The van der Waals surface area contributed by atoms with E-state index in [1.165, 1.54) is 11.8 Å². The molecule has 0 aromatic heterocycles. The summed E-state index contributed by atoms with van der Waals surface area (Å²) in [5.74, 6) is 0. The lowest BCUT2D eigenvalue weighted by molar-refractivity contribution is 0.176. The van der Waals surface area contributed by atoms with Crippen molar-refractivity contribution in [1.82, 2.24) is 4.90 Å². The first-order chi connectivity index (χ1) is 6.11. The number of nitriles is 1. The Kier molecular flexibility index (Phi) is 6.37. The maximum atomic E-state index is 9.05. The average Bonchev–Trinajstić information content (AvgIpc) is 2.10. The summed E-state index contributed by atoms with van der Waals surface area (Å²) in [7, 11) is 1.86. The lowest BCUT2D eigenvalue weighted by atomic mass is 10.3. The Morgan fingerprint density at radius 3 is 2.77 bits per heavy atom. The van der Waals surface area contributed by atoms with Crippen molar-refractivity contribution in [2.75, 3.05) is 19.8 Å². The van der Waals surface area contributed by atoms with Crippen molar-refractivity contribution in [2.24, 2.45) is 4.99 Å². The van der Waals surface area contributed by atoms with Crippen LogP contribution in [0.4, 0.5) is 0 Å². The van der Waals surface area contributed by atoms with Crippen molar-refractivity contribution in [3.05, 3.63) is 0 Å². The van der Waals surface area contributed by atoms with Crippen LogP contribution in [0.3, 0.4) is 0 Å². The first-order valence-electron chi connectivity index (χ1n) is 4.01. The van der Waals surface area contributed by atoms with Gasteiger partial charge in [-0.15, -0.1) is 4.99 Å². The quantitative estimate of drug-likeness (QED) is 0.418. The Hall–Kier alpha value is -0.730. The zero-order valence-electron chi connectivity index (χ0n) is 8.19. The standard InChI is InChI=1S/C8H15N3OS/c1-7(12)4-5-11(2)8(13-3)10-6-9/h7,12H,4-5H2,1-3H3. The highest BCUT2D eigenvalue weighted by atomic mass is 32.2. The number of hydrogen-bond acceptors (Lipinski definition) is 4. The van der Waals surface area contributed by atoms with Gasteiger partial charge in [-0.3, -0.25) is 0 Å². The molecule has 0 heterocycles. The second-order valence-corrected chi connectivity index (χ2v) is 3.53. The molecule has 4 nitrogen and oxygen atoms in total. The molecule has 13 heavy (non-hydrogen) atoms. The van der Waals surface area contributed by atoms with E-state index >= 15 is 0 Å². The molecule has 0 rings (SSSR count). The number of aliphatic hydroxyl groups excluding tert-OH is 1. The van der Waals surface area contributed by atoms with Crippen molar-refractivity contribution < 1.29 is 5.11 Å². The molecule has 0 aromatic carbocycles. The van der Waals surface area contributed by atoms with Crippen molar-refractivity contribution in [1.29, 1.82) is 5.26 Å². The Bertz CT molecular complexity index is 210. The lowest BCUT2D eigenvalue weighted by Gasteiger charge is -2.19. The van der Waals surface area contributed by atoms with Gasteiger partial charge in [-0.25, -0.2) is 0 Å². The van der Waals surface area contributed by atoms with E-state index in [0.717, 1.165) is 0 Å². The molecule has 0 bridgehead atoms. The van der Waals surface area contributed by atoms with Gasteiger partial charge in [-0.05, 0) is 19.6 Å². The predicted molar refractivity (Wildman–Crippen MR) is 55.5 cm³/mol. The summed E-state index contributed by atoms with van der Waals surface area (Å²) in [4.78, 5) is 5.51. The van der Waals surface area contributed by atoms with E-state index in [1.54, 1.807) is 13.1 Å². The van der Waals surface area contributed by atoms with Crippen LogP contribution in [0.15, 0.2) is 4.99 Å². The molecule has 1 atom stereocenters. The zero-order chi connectivity index (χ0) is 10.3. The van der Waals surface area contributed by atoms with E-state index in [-0.39, 0.29) is 6.10 Å². The van der Waals surface area contributed by atoms with Gasteiger partial charge in [0.15, 0.2) is 5.17 Å². The summed E-state index contributed by atoms with van der Waals surface area (Å²) in [6, 6.07) is 0. The molecular formula is C8H15N3OS. The molecule has 0 aliphatic carbocycles. The van der Waals surface area contributed by atoms with E-state index in [4.69, 9.17) is 10.4 Å². The van der Waals surface area contributed by atoms with Crippen LogP contribution in [0.25, 0.3) is 0 Å². The second-order valence-electron chi connectivity index (χ2n) is 2.76. The van der Waals surface area contributed by atoms with Crippen LogP contribution in [0.2, 0.25) is 0 Å². The molecule has 0 amide bonds. The predicted octanol–water partition coefficient (Wildman–Crippen LogP) is 0.889. The molecule has 0 aromatic rings. The molecule has 0 saturated carbocycles. The number of nitrogens with zero attached hydrogens (tertiary/aromatic N) is 3. The number of thioether (sulfide) groups is 1.